The summed E-state index contributed by atoms with van der Waals surface area (Å²) in [6, 6.07) is 14.1. The van der Waals surface area contributed by atoms with Crippen LogP contribution in [0.2, 0.25) is 0 Å². The predicted octanol–water partition coefficient (Wildman–Crippen LogP) is 3.52. The highest BCUT2D eigenvalue weighted by Gasteiger charge is 2.18. The number of fused-ring (bicyclic) bond motifs is 1. The summed E-state index contributed by atoms with van der Waals surface area (Å²) < 4.78 is 14.2. The normalized spacial score (nSPS) is 10.8. The molecule has 9 heteroatoms. The Hall–Kier alpha value is -3.33. The van der Waals surface area contributed by atoms with Gasteiger partial charge in [-0.05, 0) is 18.2 Å². The molecule has 0 aliphatic heterocycles. The van der Waals surface area contributed by atoms with E-state index >= 15 is 0 Å². The number of hydrogen-bond donors (Lipinski definition) is 1. The number of benzene rings is 1. The van der Waals surface area contributed by atoms with Crippen molar-refractivity contribution >= 4 is 35.1 Å². The first kappa shape index (κ1) is 16.2. The van der Waals surface area contributed by atoms with Crippen LogP contribution in [0.25, 0.3) is 22.3 Å². The van der Waals surface area contributed by atoms with Crippen LogP contribution in [-0.2, 0) is 0 Å². The third-order valence-electron chi connectivity index (χ3n) is 3.65. The Balaban J connectivity index is 1.63. The maximum atomic E-state index is 13.2. The molecule has 4 rings (SSSR count). The summed E-state index contributed by atoms with van der Waals surface area (Å²) in [5.41, 5.74) is 1.81. The molecule has 0 aliphatic rings. The number of hydrogen-bond acceptors (Lipinski definition) is 6. The number of aromatic nitrogens is 5. The number of pyridine rings is 1. The lowest BCUT2D eigenvalue weighted by Crippen LogP contribution is -2.16. The van der Waals surface area contributed by atoms with Crippen LogP contribution in [0.3, 0.4) is 0 Å². The first-order valence-corrected chi connectivity index (χ1v) is 8.24. The zero-order valence-corrected chi connectivity index (χ0v) is 14.0. The van der Waals surface area contributed by atoms with Gasteiger partial charge >= 0.3 is 0 Å². The van der Waals surface area contributed by atoms with Gasteiger partial charge in [-0.2, -0.15) is 9.19 Å². The lowest BCUT2D eigenvalue weighted by atomic mass is 10.1. The van der Waals surface area contributed by atoms with E-state index in [0.29, 0.717) is 17.2 Å². The zero-order chi connectivity index (χ0) is 17.9. The van der Waals surface area contributed by atoms with Crippen molar-refractivity contribution in [2.75, 3.05) is 5.32 Å². The number of anilines is 1. The molecule has 1 aromatic carbocycles. The van der Waals surface area contributed by atoms with Crippen LogP contribution in [0.15, 0.2) is 61.1 Å². The number of halogens is 1. The number of nitrogens with zero attached hydrogens (tertiary/aromatic N) is 5. The Morgan fingerprint density at radius 3 is 2.81 bits per heavy atom. The smallest absolute Gasteiger partial charge is 0.276 e. The Bertz CT molecular complexity index is 1090. The number of nitrogens with one attached hydrogen (secondary N) is 1. The highest BCUT2D eigenvalue weighted by molar-refractivity contribution is 7.92. The minimum absolute atomic E-state index is 0.0703. The fourth-order valence-electron chi connectivity index (χ4n) is 2.44. The van der Waals surface area contributed by atoms with Gasteiger partial charge in [0.25, 0.3) is 5.91 Å². The molecule has 0 bridgehead atoms. The van der Waals surface area contributed by atoms with E-state index in [1.165, 1.54) is 12.4 Å². The zero-order valence-electron chi connectivity index (χ0n) is 13.2. The molecule has 7 nitrogen and oxygen atoms in total. The van der Waals surface area contributed by atoms with E-state index in [1.807, 2.05) is 30.3 Å². The summed E-state index contributed by atoms with van der Waals surface area (Å²) in [5, 5.41) is 7.50. The third-order valence-corrected chi connectivity index (χ3v) is 4.06. The van der Waals surface area contributed by atoms with Gasteiger partial charge in [0.15, 0.2) is 18.0 Å². The van der Waals surface area contributed by atoms with Crippen LogP contribution in [0.1, 0.15) is 10.5 Å². The fraction of sp³-hybridized carbons (Fsp3) is 0. The van der Waals surface area contributed by atoms with Crippen LogP contribution in [0, 0.1) is 0 Å². The molecular formula is C17H11FN6OS. The Kier molecular flexibility index (Phi) is 4.28. The summed E-state index contributed by atoms with van der Waals surface area (Å²) >= 11 is -0.144. The van der Waals surface area contributed by atoms with E-state index in [4.69, 9.17) is 0 Å². The standard InChI is InChI=1S/C17H11FN6OS/c18-26-24-14(8-13(23-24)11-4-2-1-3-5-11)17(25)22-15-7-6-12-9-19-10-20-16(12)21-15/h1-10H,(H,19,20,21,22,25). The molecule has 0 saturated heterocycles. The van der Waals surface area contributed by atoms with Gasteiger partial charge in [0.05, 0.1) is 5.69 Å². The topological polar surface area (TPSA) is 85.6 Å². The molecular weight excluding hydrogens is 355 g/mol. The van der Waals surface area contributed by atoms with E-state index in [0.717, 1.165) is 15.0 Å². The summed E-state index contributed by atoms with van der Waals surface area (Å²) in [7, 11) is 0. The van der Waals surface area contributed by atoms with Gasteiger partial charge in [0.2, 0.25) is 0 Å². The quantitative estimate of drug-likeness (QED) is 0.595. The van der Waals surface area contributed by atoms with E-state index in [1.54, 1.807) is 18.3 Å². The van der Waals surface area contributed by atoms with Crippen LogP contribution >= 0.6 is 12.3 Å². The molecule has 0 radical (unpaired) electrons. The van der Waals surface area contributed by atoms with Gasteiger partial charge in [0, 0.05) is 17.1 Å². The van der Waals surface area contributed by atoms with Gasteiger partial charge in [-0.3, -0.25) is 4.79 Å². The average molecular weight is 366 g/mol. The largest absolute Gasteiger partial charge is 0.305 e. The van der Waals surface area contributed by atoms with Crippen molar-refractivity contribution in [3.8, 4) is 11.3 Å². The van der Waals surface area contributed by atoms with Gasteiger partial charge in [0.1, 0.15) is 17.8 Å². The van der Waals surface area contributed by atoms with E-state index in [9.17, 15) is 8.68 Å². The monoisotopic (exact) mass is 366 g/mol. The van der Waals surface area contributed by atoms with Crippen molar-refractivity contribution in [1.29, 1.82) is 0 Å². The second-order valence-corrected chi connectivity index (χ2v) is 5.79. The number of carbonyl (C=O) groups is 1. The average Bonchev–Trinajstić information content (AvgIpc) is 3.13. The first-order valence-electron chi connectivity index (χ1n) is 7.57. The highest BCUT2D eigenvalue weighted by Crippen LogP contribution is 2.23. The van der Waals surface area contributed by atoms with Crippen molar-refractivity contribution in [1.82, 2.24) is 24.1 Å². The molecule has 4 aromatic rings. The molecule has 1 amide bonds. The number of rotatable bonds is 4. The summed E-state index contributed by atoms with van der Waals surface area (Å²) in [4.78, 5) is 24.8. The molecule has 0 saturated carbocycles. The van der Waals surface area contributed by atoms with Crippen molar-refractivity contribution in [3.63, 3.8) is 0 Å². The SMILES string of the molecule is O=C(Nc1ccc2cncnc2n1)c1cc(-c2ccccc2)nn1SF. The van der Waals surface area contributed by atoms with E-state index in [2.05, 4.69) is 25.4 Å². The minimum atomic E-state index is -0.522. The Morgan fingerprint density at radius 1 is 1.15 bits per heavy atom. The fourth-order valence-corrected chi connectivity index (χ4v) is 2.76. The number of amides is 1. The number of carbonyl (C=O) groups excluding carboxylic acids is 1. The summed E-state index contributed by atoms with van der Waals surface area (Å²) in [5.74, 6) is -0.218. The van der Waals surface area contributed by atoms with Gasteiger partial charge in [-0.1, -0.05) is 30.3 Å². The molecule has 0 unspecified atom stereocenters. The van der Waals surface area contributed by atoms with Gasteiger partial charge in [-0.15, -0.1) is 3.89 Å². The first-order chi connectivity index (χ1) is 12.7. The van der Waals surface area contributed by atoms with E-state index < -0.39 is 5.91 Å². The van der Waals surface area contributed by atoms with Crippen molar-refractivity contribution in [2.24, 2.45) is 0 Å². The van der Waals surface area contributed by atoms with Crippen LogP contribution in [0.5, 0.6) is 0 Å². The molecule has 26 heavy (non-hydrogen) atoms. The van der Waals surface area contributed by atoms with Gasteiger partial charge in [-0.25, -0.2) is 15.0 Å². The molecule has 3 aromatic heterocycles. The van der Waals surface area contributed by atoms with Crippen molar-refractivity contribution < 1.29 is 8.68 Å². The van der Waals surface area contributed by atoms with E-state index in [-0.39, 0.29) is 18.0 Å². The Morgan fingerprint density at radius 2 is 2.00 bits per heavy atom. The van der Waals surface area contributed by atoms with Crippen molar-refractivity contribution in [2.45, 2.75) is 0 Å². The molecule has 3 heterocycles. The molecule has 0 aliphatic carbocycles. The maximum absolute atomic E-state index is 13.2. The molecule has 0 spiro atoms. The molecule has 0 fully saturated rings. The third kappa shape index (κ3) is 3.11. The van der Waals surface area contributed by atoms with Crippen LogP contribution < -0.4 is 5.32 Å². The summed E-state index contributed by atoms with van der Waals surface area (Å²) in [6.07, 6.45) is 3.00. The van der Waals surface area contributed by atoms with Crippen LogP contribution in [0.4, 0.5) is 9.70 Å². The molecule has 0 atom stereocenters. The van der Waals surface area contributed by atoms with Crippen LogP contribution in [-0.4, -0.2) is 30.0 Å². The van der Waals surface area contributed by atoms with Crippen molar-refractivity contribution in [3.05, 3.63) is 66.7 Å². The molecule has 1 N–H and O–H groups in total. The highest BCUT2D eigenvalue weighted by atomic mass is 32.2. The van der Waals surface area contributed by atoms with Gasteiger partial charge < -0.3 is 5.32 Å². The summed E-state index contributed by atoms with van der Waals surface area (Å²) in [6.45, 7) is 0. The Labute approximate surface area is 151 Å². The second-order valence-electron chi connectivity index (χ2n) is 5.31. The predicted molar refractivity (Wildman–Crippen MR) is 97.0 cm³/mol. The second kappa shape index (κ2) is 6.89. The molecule has 128 valence electrons. The lowest BCUT2D eigenvalue weighted by Gasteiger charge is -2.05. The minimum Gasteiger partial charge on any atom is -0.305 e. The maximum Gasteiger partial charge on any atom is 0.276 e. The lowest BCUT2D eigenvalue weighted by molar-refractivity contribution is 0.102.